The first-order valence-corrected chi connectivity index (χ1v) is 6.25. The second-order valence-electron chi connectivity index (χ2n) is 4.11. The zero-order chi connectivity index (χ0) is 11.7. The average molecular weight is 283 g/mol. The molecule has 1 atom stereocenters. The fraction of sp³-hybridized carbons (Fsp3) is 0.417. The zero-order valence-corrected chi connectivity index (χ0v) is 10.8. The van der Waals surface area contributed by atoms with Gasteiger partial charge in [-0.1, -0.05) is 13.0 Å². The van der Waals surface area contributed by atoms with Crippen LogP contribution < -0.4 is 10.6 Å². The van der Waals surface area contributed by atoms with Crippen LogP contribution in [0.5, 0.6) is 0 Å². The fourth-order valence-electron chi connectivity index (χ4n) is 1.96. The first-order valence-electron chi connectivity index (χ1n) is 5.46. The Morgan fingerprint density at radius 2 is 2.31 bits per heavy atom. The molecule has 1 aliphatic heterocycles. The highest BCUT2D eigenvalue weighted by atomic mass is 79.9. The summed E-state index contributed by atoms with van der Waals surface area (Å²) in [4.78, 5) is 13.5. The van der Waals surface area contributed by atoms with Crippen LogP contribution >= 0.6 is 15.9 Å². The van der Waals surface area contributed by atoms with E-state index < -0.39 is 0 Å². The van der Waals surface area contributed by atoms with Gasteiger partial charge in [0.15, 0.2) is 0 Å². The first-order chi connectivity index (χ1) is 7.61. The van der Waals surface area contributed by atoms with Crippen molar-refractivity contribution in [1.82, 2.24) is 0 Å². The zero-order valence-electron chi connectivity index (χ0n) is 9.24. The van der Waals surface area contributed by atoms with Crippen LogP contribution in [0.25, 0.3) is 0 Å². The van der Waals surface area contributed by atoms with E-state index in [1.807, 2.05) is 6.07 Å². The van der Waals surface area contributed by atoms with E-state index in [0.717, 1.165) is 16.6 Å². The van der Waals surface area contributed by atoms with Crippen LogP contribution in [-0.4, -0.2) is 18.5 Å². The molecule has 0 aromatic heterocycles. The maximum Gasteiger partial charge on any atom is 0.228 e. The van der Waals surface area contributed by atoms with E-state index in [0.29, 0.717) is 13.0 Å². The Morgan fingerprint density at radius 3 is 2.81 bits per heavy atom. The highest BCUT2D eigenvalue weighted by molar-refractivity contribution is 9.10. The number of benzene rings is 1. The van der Waals surface area contributed by atoms with Crippen LogP contribution in [0.15, 0.2) is 22.7 Å². The second kappa shape index (κ2) is 4.55. The molecule has 2 N–H and O–H groups in total. The van der Waals surface area contributed by atoms with Gasteiger partial charge in [0.2, 0.25) is 5.91 Å². The lowest BCUT2D eigenvalue weighted by Crippen LogP contribution is -2.28. The van der Waals surface area contributed by atoms with Crippen LogP contribution in [0, 0.1) is 0 Å². The molecule has 3 nitrogen and oxygen atoms in total. The maximum atomic E-state index is 11.7. The number of hydrogen-bond acceptors (Lipinski definition) is 2. The van der Waals surface area contributed by atoms with Gasteiger partial charge in [0.25, 0.3) is 0 Å². The van der Waals surface area contributed by atoms with Crippen molar-refractivity contribution in [3.63, 3.8) is 0 Å². The molecule has 0 spiro atoms. The summed E-state index contributed by atoms with van der Waals surface area (Å²) < 4.78 is 0.967. The predicted octanol–water partition coefficient (Wildman–Crippen LogP) is 2.08. The minimum absolute atomic E-state index is 0.0368. The van der Waals surface area contributed by atoms with Crippen molar-refractivity contribution in [3.05, 3.63) is 28.2 Å². The molecule has 4 heteroatoms. The van der Waals surface area contributed by atoms with Gasteiger partial charge in [-0.25, -0.2) is 0 Å². The number of nitrogens with two attached hydrogens (primary N) is 1. The summed E-state index contributed by atoms with van der Waals surface area (Å²) in [7, 11) is 0. The van der Waals surface area contributed by atoms with Gasteiger partial charge in [0.1, 0.15) is 0 Å². The smallest absolute Gasteiger partial charge is 0.228 e. The number of nitrogens with zero attached hydrogens (tertiary/aromatic N) is 1. The van der Waals surface area contributed by atoms with Crippen LogP contribution in [0.4, 0.5) is 5.69 Å². The van der Waals surface area contributed by atoms with Gasteiger partial charge in [-0.2, -0.15) is 0 Å². The lowest BCUT2D eigenvalue weighted by Gasteiger charge is -2.18. The molecular formula is C12H15BrN2O. The number of amides is 1. The number of halogens is 1. The highest BCUT2D eigenvalue weighted by Crippen LogP contribution is 2.30. The largest absolute Gasteiger partial charge is 0.326 e. The summed E-state index contributed by atoms with van der Waals surface area (Å²) in [5.74, 6) is 0.109. The van der Waals surface area contributed by atoms with Gasteiger partial charge >= 0.3 is 0 Å². The van der Waals surface area contributed by atoms with Gasteiger partial charge in [0, 0.05) is 23.5 Å². The summed E-state index contributed by atoms with van der Waals surface area (Å²) in [6, 6.07) is 6.06. The first kappa shape index (κ1) is 11.6. The molecular weight excluding hydrogens is 268 g/mol. The van der Waals surface area contributed by atoms with Crippen molar-refractivity contribution in [2.24, 2.45) is 5.73 Å². The van der Waals surface area contributed by atoms with E-state index in [4.69, 9.17) is 5.73 Å². The molecule has 0 bridgehead atoms. The molecule has 1 saturated heterocycles. The number of carbonyl (C=O) groups is 1. The Bertz CT molecular complexity index is 419. The van der Waals surface area contributed by atoms with Gasteiger partial charge in [0.05, 0.1) is 5.69 Å². The molecule has 0 saturated carbocycles. The van der Waals surface area contributed by atoms with Crippen LogP contribution in [-0.2, 0) is 11.2 Å². The Kier molecular flexibility index (Phi) is 3.30. The topological polar surface area (TPSA) is 46.3 Å². The summed E-state index contributed by atoms with van der Waals surface area (Å²) in [5, 5.41) is 0. The molecule has 1 unspecified atom stereocenters. The lowest BCUT2D eigenvalue weighted by atomic mass is 10.1. The summed E-state index contributed by atoms with van der Waals surface area (Å²) in [6.07, 6.45) is 1.44. The van der Waals surface area contributed by atoms with Crippen molar-refractivity contribution in [1.29, 1.82) is 0 Å². The number of hydrogen-bond donors (Lipinski definition) is 1. The maximum absolute atomic E-state index is 11.7. The Hall–Kier alpha value is -0.870. The summed E-state index contributed by atoms with van der Waals surface area (Å²) >= 11 is 3.51. The van der Waals surface area contributed by atoms with E-state index in [2.05, 4.69) is 35.0 Å². The number of carbonyl (C=O) groups excluding carboxylic acids is 1. The number of aryl methyl sites for hydroxylation is 1. The summed E-state index contributed by atoms with van der Waals surface area (Å²) in [6.45, 7) is 2.72. The lowest BCUT2D eigenvalue weighted by molar-refractivity contribution is -0.117. The summed E-state index contributed by atoms with van der Waals surface area (Å²) in [5.41, 5.74) is 7.96. The normalized spacial score (nSPS) is 20.6. The van der Waals surface area contributed by atoms with E-state index in [9.17, 15) is 4.79 Å². The number of anilines is 1. The molecule has 0 radical (unpaired) electrons. The Balaban J connectivity index is 2.30. The van der Waals surface area contributed by atoms with Crippen molar-refractivity contribution < 1.29 is 4.79 Å². The van der Waals surface area contributed by atoms with Crippen molar-refractivity contribution in [2.75, 3.05) is 11.4 Å². The molecule has 1 amide bonds. The van der Waals surface area contributed by atoms with E-state index in [-0.39, 0.29) is 11.9 Å². The third-order valence-corrected chi connectivity index (χ3v) is 3.50. The van der Waals surface area contributed by atoms with Gasteiger partial charge < -0.3 is 10.6 Å². The molecule has 0 aliphatic carbocycles. The third-order valence-electron chi connectivity index (χ3n) is 2.87. The molecule has 1 fully saturated rings. The molecule has 86 valence electrons. The SMILES string of the molecule is CCc1ccc(N2CC(N)CC2=O)c(Br)c1. The Labute approximate surface area is 104 Å². The van der Waals surface area contributed by atoms with Crippen LogP contribution in [0.3, 0.4) is 0 Å². The van der Waals surface area contributed by atoms with Crippen LogP contribution in [0.2, 0.25) is 0 Å². The standard InChI is InChI=1S/C12H15BrN2O/c1-2-8-3-4-11(10(13)5-8)15-7-9(14)6-12(15)16/h3-5,9H,2,6-7,14H2,1H3. The minimum atomic E-state index is -0.0368. The van der Waals surface area contributed by atoms with Crippen molar-refractivity contribution >= 4 is 27.5 Å². The van der Waals surface area contributed by atoms with Gasteiger partial charge in [-0.3, -0.25) is 4.79 Å². The molecule has 1 aromatic carbocycles. The molecule has 1 aliphatic rings. The van der Waals surface area contributed by atoms with Crippen LogP contribution in [0.1, 0.15) is 18.9 Å². The third kappa shape index (κ3) is 2.13. The highest BCUT2D eigenvalue weighted by Gasteiger charge is 2.29. The van der Waals surface area contributed by atoms with Crippen molar-refractivity contribution in [2.45, 2.75) is 25.8 Å². The molecule has 16 heavy (non-hydrogen) atoms. The quantitative estimate of drug-likeness (QED) is 0.903. The Morgan fingerprint density at radius 1 is 1.56 bits per heavy atom. The van der Waals surface area contributed by atoms with Gasteiger partial charge in [-0.05, 0) is 40.0 Å². The fourth-order valence-corrected chi connectivity index (χ4v) is 2.60. The molecule has 1 heterocycles. The van der Waals surface area contributed by atoms with Gasteiger partial charge in [-0.15, -0.1) is 0 Å². The molecule has 2 rings (SSSR count). The van der Waals surface area contributed by atoms with Crippen molar-refractivity contribution in [3.8, 4) is 0 Å². The van der Waals surface area contributed by atoms with E-state index in [1.165, 1.54) is 5.56 Å². The second-order valence-corrected chi connectivity index (χ2v) is 4.96. The minimum Gasteiger partial charge on any atom is -0.326 e. The van der Waals surface area contributed by atoms with E-state index in [1.54, 1.807) is 4.90 Å². The monoisotopic (exact) mass is 282 g/mol. The number of rotatable bonds is 2. The predicted molar refractivity (Wildman–Crippen MR) is 68.5 cm³/mol. The van der Waals surface area contributed by atoms with E-state index >= 15 is 0 Å². The average Bonchev–Trinajstić information content (AvgIpc) is 2.57. The molecule has 1 aromatic rings.